The number of imidazole rings is 1. The molecule has 1 aliphatic rings. The lowest BCUT2D eigenvalue weighted by Gasteiger charge is -2.23. The lowest BCUT2D eigenvalue weighted by Crippen LogP contribution is -2.42. The topological polar surface area (TPSA) is 61.1 Å². The number of para-hydroxylation sites is 1. The van der Waals surface area contributed by atoms with Crippen molar-refractivity contribution < 1.29 is 4.74 Å². The Labute approximate surface area is 133 Å². The van der Waals surface area contributed by atoms with E-state index in [1.807, 2.05) is 42.5 Å². The summed E-state index contributed by atoms with van der Waals surface area (Å²) in [5, 5.41) is 3.29. The molecule has 0 amide bonds. The number of nitrogens with zero attached hydrogens (tertiary/aromatic N) is 3. The summed E-state index contributed by atoms with van der Waals surface area (Å²) < 4.78 is 9.16. The van der Waals surface area contributed by atoms with E-state index in [1.165, 1.54) is 0 Å². The predicted molar refractivity (Wildman–Crippen MR) is 87.9 cm³/mol. The van der Waals surface area contributed by atoms with E-state index in [-0.39, 0.29) is 11.8 Å². The van der Waals surface area contributed by atoms with Crippen molar-refractivity contribution in [3.05, 3.63) is 59.1 Å². The van der Waals surface area contributed by atoms with Crippen LogP contribution < -0.4 is 11.0 Å². The molecule has 1 N–H and O–H groups in total. The van der Waals surface area contributed by atoms with Crippen LogP contribution in [0.15, 0.2) is 53.5 Å². The minimum atomic E-state index is -0.0842. The Kier molecular flexibility index (Phi) is 3.69. The van der Waals surface area contributed by atoms with Crippen molar-refractivity contribution in [2.75, 3.05) is 19.7 Å². The molecule has 1 atom stereocenters. The first kappa shape index (κ1) is 14.2. The molecule has 1 aliphatic heterocycles. The smallest absolute Gasteiger partial charge is 0.335 e. The molecule has 3 heterocycles. The zero-order chi connectivity index (χ0) is 15.6. The lowest BCUT2D eigenvalue weighted by molar-refractivity contribution is 0.0182. The molecule has 1 fully saturated rings. The molecule has 0 saturated carbocycles. The van der Waals surface area contributed by atoms with E-state index in [0.29, 0.717) is 18.8 Å². The summed E-state index contributed by atoms with van der Waals surface area (Å²) in [7, 11) is 0. The minimum absolute atomic E-state index is 0.0155. The SMILES string of the molecule is O=c1n(CC2CNCCO2)c2ncccc2n1-c1ccccc1. The Bertz CT molecular complexity index is 863. The average Bonchev–Trinajstić information content (AvgIpc) is 2.89. The molecule has 118 valence electrons. The largest absolute Gasteiger partial charge is 0.374 e. The molecule has 3 aromatic rings. The molecular formula is C17H18N4O2. The zero-order valence-electron chi connectivity index (χ0n) is 12.7. The number of hydrogen-bond donors (Lipinski definition) is 1. The molecule has 0 radical (unpaired) electrons. The highest BCUT2D eigenvalue weighted by Crippen LogP contribution is 2.16. The molecular weight excluding hydrogens is 292 g/mol. The molecule has 6 nitrogen and oxygen atoms in total. The highest BCUT2D eigenvalue weighted by molar-refractivity contribution is 5.73. The highest BCUT2D eigenvalue weighted by atomic mass is 16.5. The third-order valence-corrected chi connectivity index (χ3v) is 4.09. The molecule has 1 unspecified atom stereocenters. The number of benzene rings is 1. The van der Waals surface area contributed by atoms with Crippen molar-refractivity contribution in [2.45, 2.75) is 12.6 Å². The molecule has 0 spiro atoms. The first-order valence-electron chi connectivity index (χ1n) is 7.78. The van der Waals surface area contributed by atoms with Gasteiger partial charge in [-0.1, -0.05) is 18.2 Å². The van der Waals surface area contributed by atoms with Gasteiger partial charge < -0.3 is 10.1 Å². The third-order valence-electron chi connectivity index (χ3n) is 4.09. The zero-order valence-corrected chi connectivity index (χ0v) is 12.7. The second kappa shape index (κ2) is 5.98. The summed E-state index contributed by atoms with van der Waals surface area (Å²) in [6.45, 7) is 2.77. The summed E-state index contributed by atoms with van der Waals surface area (Å²) in [4.78, 5) is 17.4. The predicted octanol–water partition coefficient (Wildman–Crippen LogP) is 1.18. The molecule has 4 rings (SSSR count). The summed E-state index contributed by atoms with van der Waals surface area (Å²) in [5.74, 6) is 0. The molecule has 2 aromatic heterocycles. The number of pyridine rings is 1. The second-order valence-electron chi connectivity index (χ2n) is 5.61. The first-order valence-corrected chi connectivity index (χ1v) is 7.78. The summed E-state index contributed by atoms with van der Waals surface area (Å²) in [6, 6.07) is 13.4. The van der Waals surface area contributed by atoms with Crippen LogP contribution in [0.3, 0.4) is 0 Å². The number of hydrogen-bond acceptors (Lipinski definition) is 4. The van der Waals surface area contributed by atoms with E-state index in [2.05, 4.69) is 10.3 Å². The van der Waals surface area contributed by atoms with Crippen LogP contribution in [0.5, 0.6) is 0 Å². The van der Waals surface area contributed by atoms with Crippen molar-refractivity contribution in [3.63, 3.8) is 0 Å². The third kappa shape index (κ3) is 2.56. The van der Waals surface area contributed by atoms with Crippen LogP contribution in [0.4, 0.5) is 0 Å². The van der Waals surface area contributed by atoms with Crippen LogP contribution in [0.2, 0.25) is 0 Å². The Morgan fingerprint density at radius 2 is 2.09 bits per heavy atom. The number of aromatic nitrogens is 3. The van der Waals surface area contributed by atoms with Gasteiger partial charge in [-0.3, -0.25) is 9.13 Å². The number of fused-ring (bicyclic) bond motifs is 1. The quantitative estimate of drug-likeness (QED) is 0.789. The standard InChI is InChI=1S/C17H18N4O2/c22-17-20(12-14-11-18-9-10-23-14)16-15(7-4-8-19-16)21(17)13-5-2-1-3-6-13/h1-8,14,18H,9-12H2. The van der Waals surface area contributed by atoms with Gasteiger partial charge in [0, 0.05) is 19.3 Å². The van der Waals surface area contributed by atoms with Gasteiger partial charge in [0.25, 0.3) is 0 Å². The Morgan fingerprint density at radius 3 is 2.87 bits per heavy atom. The number of nitrogens with one attached hydrogen (secondary N) is 1. The van der Waals surface area contributed by atoms with Crippen LogP contribution in [-0.4, -0.2) is 39.9 Å². The van der Waals surface area contributed by atoms with Gasteiger partial charge in [-0.15, -0.1) is 0 Å². The fourth-order valence-corrected chi connectivity index (χ4v) is 3.02. The van der Waals surface area contributed by atoms with E-state index in [9.17, 15) is 4.79 Å². The summed E-state index contributed by atoms with van der Waals surface area (Å²) in [5.41, 5.74) is 2.26. The molecule has 0 aliphatic carbocycles. The monoisotopic (exact) mass is 310 g/mol. The number of rotatable bonds is 3. The minimum Gasteiger partial charge on any atom is -0.374 e. The molecule has 1 aromatic carbocycles. The van der Waals surface area contributed by atoms with Crippen LogP contribution >= 0.6 is 0 Å². The molecule has 0 bridgehead atoms. The first-order chi connectivity index (χ1) is 11.3. The van der Waals surface area contributed by atoms with Gasteiger partial charge in [0.05, 0.1) is 30.5 Å². The van der Waals surface area contributed by atoms with E-state index in [1.54, 1.807) is 15.3 Å². The normalized spacial score (nSPS) is 18.3. The summed E-state index contributed by atoms with van der Waals surface area (Å²) >= 11 is 0. The van der Waals surface area contributed by atoms with E-state index in [4.69, 9.17) is 4.74 Å². The van der Waals surface area contributed by atoms with Gasteiger partial charge in [0.2, 0.25) is 0 Å². The van der Waals surface area contributed by atoms with Crippen molar-refractivity contribution in [1.82, 2.24) is 19.4 Å². The van der Waals surface area contributed by atoms with E-state index in [0.717, 1.165) is 24.3 Å². The van der Waals surface area contributed by atoms with E-state index < -0.39 is 0 Å². The van der Waals surface area contributed by atoms with Crippen LogP contribution in [0.25, 0.3) is 16.9 Å². The maximum atomic E-state index is 13.0. The number of ether oxygens (including phenoxy) is 1. The van der Waals surface area contributed by atoms with Gasteiger partial charge in [0.1, 0.15) is 0 Å². The van der Waals surface area contributed by atoms with Crippen LogP contribution in [-0.2, 0) is 11.3 Å². The lowest BCUT2D eigenvalue weighted by atomic mass is 10.3. The van der Waals surface area contributed by atoms with Gasteiger partial charge in [-0.2, -0.15) is 0 Å². The summed E-state index contributed by atoms with van der Waals surface area (Å²) in [6.07, 6.45) is 1.70. The Balaban J connectivity index is 1.85. The Hall–Kier alpha value is -2.44. The van der Waals surface area contributed by atoms with Crippen molar-refractivity contribution in [1.29, 1.82) is 0 Å². The average molecular weight is 310 g/mol. The molecule has 6 heteroatoms. The van der Waals surface area contributed by atoms with Gasteiger partial charge >= 0.3 is 5.69 Å². The van der Waals surface area contributed by atoms with Gasteiger partial charge in [0.15, 0.2) is 5.65 Å². The van der Waals surface area contributed by atoms with Crippen LogP contribution in [0, 0.1) is 0 Å². The fourth-order valence-electron chi connectivity index (χ4n) is 3.02. The van der Waals surface area contributed by atoms with Crippen molar-refractivity contribution in [2.24, 2.45) is 0 Å². The van der Waals surface area contributed by atoms with Crippen molar-refractivity contribution in [3.8, 4) is 5.69 Å². The van der Waals surface area contributed by atoms with Gasteiger partial charge in [-0.25, -0.2) is 9.78 Å². The number of morpholine rings is 1. The molecule has 23 heavy (non-hydrogen) atoms. The Morgan fingerprint density at radius 1 is 1.22 bits per heavy atom. The highest BCUT2D eigenvalue weighted by Gasteiger charge is 2.20. The van der Waals surface area contributed by atoms with Crippen molar-refractivity contribution >= 4 is 11.2 Å². The van der Waals surface area contributed by atoms with Crippen LogP contribution in [0.1, 0.15) is 0 Å². The molecule has 1 saturated heterocycles. The van der Waals surface area contributed by atoms with Gasteiger partial charge in [-0.05, 0) is 24.3 Å². The fraction of sp³-hybridized carbons (Fsp3) is 0.294. The van der Waals surface area contributed by atoms with E-state index >= 15 is 0 Å². The maximum absolute atomic E-state index is 13.0. The second-order valence-corrected chi connectivity index (χ2v) is 5.61. The maximum Gasteiger partial charge on any atom is 0.335 e.